The topological polar surface area (TPSA) is 84.5 Å². The molecule has 0 aliphatic rings. The number of amides is 2. The van der Waals surface area contributed by atoms with Gasteiger partial charge in [0, 0.05) is 11.3 Å². The fourth-order valence-corrected chi connectivity index (χ4v) is 2.02. The third kappa shape index (κ3) is 5.24. The number of methoxy groups -OCH3 is 1. The number of hydrogen-bond acceptors (Lipinski definition) is 4. The van der Waals surface area contributed by atoms with E-state index in [-0.39, 0.29) is 24.8 Å². The number of esters is 1. The van der Waals surface area contributed by atoms with Gasteiger partial charge in [-0.25, -0.2) is 0 Å². The molecular formula is C18H18N2O4. The zero-order valence-corrected chi connectivity index (χ0v) is 13.2. The quantitative estimate of drug-likeness (QED) is 0.792. The molecule has 24 heavy (non-hydrogen) atoms. The summed E-state index contributed by atoms with van der Waals surface area (Å²) in [4.78, 5) is 34.8. The summed E-state index contributed by atoms with van der Waals surface area (Å²) in [5.74, 6) is -1.04. The lowest BCUT2D eigenvalue weighted by Gasteiger charge is -2.07. The van der Waals surface area contributed by atoms with E-state index in [4.69, 9.17) is 0 Å². The average molecular weight is 326 g/mol. The molecule has 0 bridgehead atoms. The summed E-state index contributed by atoms with van der Waals surface area (Å²) in [7, 11) is 1.25. The van der Waals surface area contributed by atoms with Crippen molar-refractivity contribution in [3.63, 3.8) is 0 Å². The molecule has 124 valence electrons. The zero-order chi connectivity index (χ0) is 17.4. The van der Waals surface area contributed by atoms with Crippen LogP contribution in [0.15, 0.2) is 54.6 Å². The predicted octanol–water partition coefficient (Wildman–Crippen LogP) is 1.77. The first kappa shape index (κ1) is 17.2. The van der Waals surface area contributed by atoms with Crippen molar-refractivity contribution >= 4 is 23.5 Å². The molecule has 0 spiro atoms. The van der Waals surface area contributed by atoms with Crippen LogP contribution in [0.4, 0.5) is 5.69 Å². The summed E-state index contributed by atoms with van der Waals surface area (Å²) in [5, 5.41) is 5.21. The van der Waals surface area contributed by atoms with Crippen LogP contribution in [0, 0.1) is 0 Å². The second kappa shape index (κ2) is 8.47. The SMILES string of the molecule is COC(=O)CNC(=O)c1ccc(NC(=O)Cc2ccccc2)cc1. The molecule has 2 amide bonds. The summed E-state index contributed by atoms with van der Waals surface area (Å²) in [6.07, 6.45) is 0.280. The summed E-state index contributed by atoms with van der Waals surface area (Å²) in [5.41, 5.74) is 1.91. The van der Waals surface area contributed by atoms with Crippen LogP contribution >= 0.6 is 0 Å². The highest BCUT2D eigenvalue weighted by atomic mass is 16.5. The maximum absolute atomic E-state index is 12.0. The summed E-state index contributed by atoms with van der Waals surface area (Å²) >= 11 is 0. The third-order valence-electron chi connectivity index (χ3n) is 3.26. The molecule has 2 N–H and O–H groups in total. The van der Waals surface area contributed by atoms with Gasteiger partial charge in [0.2, 0.25) is 5.91 Å². The van der Waals surface area contributed by atoms with Crippen LogP contribution in [0.1, 0.15) is 15.9 Å². The molecule has 2 aromatic carbocycles. The number of rotatable bonds is 6. The molecule has 0 aromatic heterocycles. The Bertz CT molecular complexity index is 712. The Morgan fingerprint density at radius 3 is 2.25 bits per heavy atom. The number of carbonyl (C=O) groups excluding carboxylic acids is 3. The van der Waals surface area contributed by atoms with Gasteiger partial charge in [0.05, 0.1) is 13.5 Å². The highest BCUT2D eigenvalue weighted by Gasteiger charge is 2.09. The van der Waals surface area contributed by atoms with Crippen molar-refractivity contribution < 1.29 is 19.1 Å². The average Bonchev–Trinajstić information content (AvgIpc) is 2.60. The fourth-order valence-electron chi connectivity index (χ4n) is 2.02. The van der Waals surface area contributed by atoms with E-state index in [1.807, 2.05) is 30.3 Å². The smallest absolute Gasteiger partial charge is 0.325 e. The lowest BCUT2D eigenvalue weighted by Crippen LogP contribution is -2.30. The third-order valence-corrected chi connectivity index (χ3v) is 3.26. The van der Waals surface area contributed by atoms with Crippen molar-refractivity contribution in [1.82, 2.24) is 5.32 Å². The van der Waals surface area contributed by atoms with Crippen LogP contribution < -0.4 is 10.6 Å². The molecule has 0 atom stereocenters. The molecule has 0 aliphatic heterocycles. The fraction of sp³-hybridized carbons (Fsp3) is 0.167. The van der Waals surface area contributed by atoms with Crippen LogP contribution in [0.5, 0.6) is 0 Å². The highest BCUT2D eigenvalue weighted by Crippen LogP contribution is 2.10. The number of anilines is 1. The molecule has 2 aromatic rings. The van der Waals surface area contributed by atoms with Gasteiger partial charge in [-0.3, -0.25) is 14.4 Å². The Hall–Kier alpha value is -3.15. The van der Waals surface area contributed by atoms with Gasteiger partial charge < -0.3 is 15.4 Å². The van der Waals surface area contributed by atoms with Crippen LogP contribution in [0.3, 0.4) is 0 Å². The van der Waals surface area contributed by atoms with Gasteiger partial charge in [0.15, 0.2) is 0 Å². The normalized spacial score (nSPS) is 9.88. The van der Waals surface area contributed by atoms with Crippen LogP contribution in [-0.2, 0) is 20.7 Å². The standard InChI is InChI=1S/C18H18N2O4/c1-24-17(22)12-19-18(23)14-7-9-15(10-8-14)20-16(21)11-13-5-3-2-4-6-13/h2-10H,11-12H2,1H3,(H,19,23)(H,20,21). The minimum Gasteiger partial charge on any atom is -0.468 e. The predicted molar refractivity (Wildman–Crippen MR) is 89.6 cm³/mol. The molecule has 0 fully saturated rings. The minimum absolute atomic E-state index is 0.135. The van der Waals surface area contributed by atoms with E-state index in [9.17, 15) is 14.4 Å². The summed E-state index contributed by atoms with van der Waals surface area (Å²) in [6.45, 7) is -0.190. The summed E-state index contributed by atoms with van der Waals surface area (Å²) in [6, 6.07) is 15.8. The number of carbonyl (C=O) groups is 3. The molecule has 2 rings (SSSR count). The molecule has 0 unspecified atom stereocenters. The van der Waals surface area contributed by atoms with E-state index in [2.05, 4.69) is 15.4 Å². The van der Waals surface area contributed by atoms with Crippen molar-refractivity contribution in [2.45, 2.75) is 6.42 Å². The first-order valence-corrected chi connectivity index (χ1v) is 7.37. The van der Waals surface area contributed by atoms with Crippen molar-refractivity contribution in [2.24, 2.45) is 0 Å². The Kier molecular flexibility index (Phi) is 6.08. The van der Waals surface area contributed by atoms with Crippen molar-refractivity contribution in [3.05, 3.63) is 65.7 Å². The highest BCUT2D eigenvalue weighted by molar-refractivity contribution is 5.97. The van der Waals surface area contributed by atoms with E-state index < -0.39 is 5.97 Å². The Labute approximate surface area is 139 Å². The van der Waals surface area contributed by atoms with Gasteiger partial charge in [-0.2, -0.15) is 0 Å². The van der Waals surface area contributed by atoms with Crippen LogP contribution in [-0.4, -0.2) is 31.4 Å². The van der Waals surface area contributed by atoms with Gasteiger partial charge in [-0.05, 0) is 29.8 Å². The zero-order valence-electron chi connectivity index (χ0n) is 13.2. The first-order valence-electron chi connectivity index (χ1n) is 7.37. The van der Waals surface area contributed by atoms with Crippen LogP contribution in [0.25, 0.3) is 0 Å². The Morgan fingerprint density at radius 1 is 0.958 bits per heavy atom. The van der Waals surface area contributed by atoms with Gasteiger partial charge in [0.25, 0.3) is 5.91 Å². The number of hydrogen-bond donors (Lipinski definition) is 2. The molecular weight excluding hydrogens is 308 g/mol. The largest absolute Gasteiger partial charge is 0.468 e. The van der Waals surface area contributed by atoms with Crippen molar-refractivity contribution in [2.75, 3.05) is 19.0 Å². The second-order valence-corrected chi connectivity index (χ2v) is 5.05. The second-order valence-electron chi connectivity index (χ2n) is 5.05. The van der Waals surface area contributed by atoms with E-state index >= 15 is 0 Å². The molecule has 0 radical (unpaired) electrons. The van der Waals surface area contributed by atoms with E-state index in [1.54, 1.807) is 24.3 Å². The Balaban J connectivity index is 1.88. The lowest BCUT2D eigenvalue weighted by molar-refractivity contribution is -0.139. The van der Waals surface area contributed by atoms with E-state index in [1.165, 1.54) is 7.11 Å². The van der Waals surface area contributed by atoms with Crippen molar-refractivity contribution in [1.29, 1.82) is 0 Å². The molecule has 6 heteroatoms. The number of ether oxygens (including phenoxy) is 1. The maximum Gasteiger partial charge on any atom is 0.325 e. The molecule has 6 nitrogen and oxygen atoms in total. The van der Waals surface area contributed by atoms with Gasteiger partial charge in [0.1, 0.15) is 6.54 Å². The number of benzene rings is 2. The Morgan fingerprint density at radius 2 is 1.62 bits per heavy atom. The molecule has 0 saturated carbocycles. The monoisotopic (exact) mass is 326 g/mol. The maximum atomic E-state index is 12.0. The first-order chi connectivity index (χ1) is 11.6. The minimum atomic E-state index is -0.520. The van der Waals surface area contributed by atoms with Gasteiger partial charge in [-0.15, -0.1) is 0 Å². The van der Waals surface area contributed by atoms with Gasteiger partial charge >= 0.3 is 5.97 Å². The van der Waals surface area contributed by atoms with E-state index in [0.29, 0.717) is 11.3 Å². The van der Waals surface area contributed by atoms with Gasteiger partial charge in [-0.1, -0.05) is 30.3 Å². The lowest BCUT2D eigenvalue weighted by atomic mass is 10.1. The summed E-state index contributed by atoms with van der Waals surface area (Å²) < 4.78 is 4.45. The molecule has 0 heterocycles. The molecule has 0 aliphatic carbocycles. The van der Waals surface area contributed by atoms with Crippen LogP contribution in [0.2, 0.25) is 0 Å². The van der Waals surface area contributed by atoms with Crippen molar-refractivity contribution in [3.8, 4) is 0 Å². The number of nitrogens with one attached hydrogen (secondary N) is 2. The molecule has 0 saturated heterocycles. The van der Waals surface area contributed by atoms with E-state index in [0.717, 1.165) is 5.56 Å².